The minimum Gasteiger partial charge on any atom is -0.289 e. The molecule has 2 rings (SSSR count). The van der Waals surface area contributed by atoms with Gasteiger partial charge in [-0.1, -0.05) is 54.6 Å². The summed E-state index contributed by atoms with van der Waals surface area (Å²) in [7, 11) is 0. The lowest BCUT2D eigenvalue weighted by Gasteiger charge is -2.00. The van der Waals surface area contributed by atoms with Crippen LogP contribution >= 0.6 is 0 Å². The number of allylic oxidation sites excluding steroid dienone is 4. The second-order valence-electron chi connectivity index (χ2n) is 4.55. The van der Waals surface area contributed by atoms with E-state index < -0.39 is 0 Å². The summed E-state index contributed by atoms with van der Waals surface area (Å²) < 4.78 is 0. The molecule has 1 fully saturated rings. The van der Waals surface area contributed by atoms with Gasteiger partial charge in [-0.05, 0) is 37.3 Å². The van der Waals surface area contributed by atoms with E-state index in [0.717, 1.165) is 5.56 Å². The van der Waals surface area contributed by atoms with Gasteiger partial charge in [0.2, 0.25) is 0 Å². The largest absolute Gasteiger partial charge is 0.289 e. The number of benzene rings is 1. The predicted octanol–water partition coefficient (Wildman–Crippen LogP) is 4.57. The zero-order chi connectivity index (χ0) is 12.8. The Balaban J connectivity index is 2.09. The Morgan fingerprint density at radius 1 is 1.17 bits per heavy atom. The highest BCUT2D eigenvalue weighted by Crippen LogP contribution is 2.23. The van der Waals surface area contributed by atoms with Crippen molar-refractivity contribution in [1.82, 2.24) is 0 Å². The molecule has 18 heavy (non-hydrogen) atoms. The smallest absolute Gasteiger partial charge is 0.186 e. The molecule has 92 valence electrons. The SMILES string of the molecule is C=Cc1ccccc1C(=O)/C=C/C=C1CCCC1. The van der Waals surface area contributed by atoms with Crippen LogP contribution in [0.5, 0.6) is 0 Å². The van der Waals surface area contributed by atoms with Gasteiger partial charge in [0.15, 0.2) is 5.78 Å². The molecule has 1 aromatic rings. The summed E-state index contributed by atoms with van der Waals surface area (Å²) in [4.78, 5) is 12.0. The molecular formula is C17H18O. The highest BCUT2D eigenvalue weighted by atomic mass is 16.1. The van der Waals surface area contributed by atoms with Crippen LogP contribution in [0.15, 0.2) is 54.6 Å². The van der Waals surface area contributed by atoms with Crippen molar-refractivity contribution in [3.63, 3.8) is 0 Å². The van der Waals surface area contributed by atoms with Crippen molar-refractivity contribution in [2.24, 2.45) is 0 Å². The van der Waals surface area contributed by atoms with Gasteiger partial charge < -0.3 is 0 Å². The Morgan fingerprint density at radius 2 is 1.89 bits per heavy atom. The Bertz CT molecular complexity index is 498. The third-order valence-corrected chi connectivity index (χ3v) is 3.27. The first kappa shape index (κ1) is 12.6. The molecule has 0 spiro atoms. The van der Waals surface area contributed by atoms with E-state index in [-0.39, 0.29) is 5.78 Å². The maximum atomic E-state index is 12.0. The van der Waals surface area contributed by atoms with Gasteiger partial charge in [-0.2, -0.15) is 0 Å². The van der Waals surface area contributed by atoms with Crippen LogP contribution in [0.25, 0.3) is 6.08 Å². The Labute approximate surface area is 109 Å². The van der Waals surface area contributed by atoms with Crippen molar-refractivity contribution < 1.29 is 4.79 Å². The van der Waals surface area contributed by atoms with Gasteiger partial charge in [0.1, 0.15) is 0 Å². The van der Waals surface area contributed by atoms with Crippen molar-refractivity contribution in [2.45, 2.75) is 25.7 Å². The Kier molecular flexibility index (Phi) is 4.30. The number of hydrogen-bond acceptors (Lipinski definition) is 1. The second-order valence-corrected chi connectivity index (χ2v) is 4.55. The predicted molar refractivity (Wildman–Crippen MR) is 76.6 cm³/mol. The molecule has 0 aromatic heterocycles. The van der Waals surface area contributed by atoms with Crippen LogP contribution in [0.2, 0.25) is 0 Å². The number of carbonyl (C=O) groups excluding carboxylic acids is 1. The molecule has 0 radical (unpaired) electrons. The summed E-state index contributed by atoms with van der Waals surface area (Å²) >= 11 is 0. The maximum Gasteiger partial charge on any atom is 0.186 e. The van der Waals surface area contributed by atoms with Gasteiger partial charge >= 0.3 is 0 Å². The van der Waals surface area contributed by atoms with Crippen LogP contribution in [0.4, 0.5) is 0 Å². The van der Waals surface area contributed by atoms with Crippen LogP contribution in [0.3, 0.4) is 0 Å². The molecule has 1 aliphatic carbocycles. The van der Waals surface area contributed by atoms with Gasteiger partial charge in [-0.25, -0.2) is 0 Å². The fourth-order valence-corrected chi connectivity index (χ4v) is 2.26. The molecule has 1 heteroatoms. The quantitative estimate of drug-likeness (QED) is 0.554. The Hall–Kier alpha value is -1.89. The van der Waals surface area contributed by atoms with Gasteiger partial charge in [-0.15, -0.1) is 0 Å². The molecule has 0 N–H and O–H groups in total. The first-order chi connectivity index (χ1) is 8.81. The van der Waals surface area contributed by atoms with Crippen molar-refractivity contribution in [2.75, 3.05) is 0 Å². The van der Waals surface area contributed by atoms with Gasteiger partial charge in [0.25, 0.3) is 0 Å². The highest BCUT2D eigenvalue weighted by molar-refractivity contribution is 6.07. The number of ketones is 1. The van der Waals surface area contributed by atoms with Crippen LogP contribution < -0.4 is 0 Å². The van der Waals surface area contributed by atoms with Crippen molar-refractivity contribution >= 4 is 11.9 Å². The van der Waals surface area contributed by atoms with Crippen LogP contribution in [-0.4, -0.2) is 5.78 Å². The van der Waals surface area contributed by atoms with E-state index in [0.29, 0.717) is 5.56 Å². The molecule has 1 saturated carbocycles. The average Bonchev–Trinajstić information content (AvgIpc) is 2.91. The van der Waals surface area contributed by atoms with Crippen molar-refractivity contribution in [3.05, 3.63) is 65.8 Å². The average molecular weight is 238 g/mol. The fraction of sp³-hybridized carbons (Fsp3) is 0.235. The molecule has 1 aliphatic rings. The van der Waals surface area contributed by atoms with E-state index in [9.17, 15) is 4.79 Å². The lowest BCUT2D eigenvalue weighted by molar-refractivity contribution is 0.104. The lowest BCUT2D eigenvalue weighted by atomic mass is 10.0. The molecule has 1 nitrogen and oxygen atoms in total. The molecule has 0 unspecified atom stereocenters. The summed E-state index contributed by atoms with van der Waals surface area (Å²) in [5, 5.41) is 0. The third-order valence-electron chi connectivity index (χ3n) is 3.27. The number of rotatable bonds is 4. The standard InChI is InChI=1S/C17H18O/c1-2-15-11-5-6-12-16(15)17(18)13-7-10-14-8-3-4-9-14/h2,5-7,10-13H,1,3-4,8-9H2/b13-7+. The minimum absolute atomic E-state index is 0.0420. The summed E-state index contributed by atoms with van der Waals surface area (Å²) in [6.07, 6.45) is 12.3. The van der Waals surface area contributed by atoms with E-state index in [2.05, 4.69) is 12.7 Å². The van der Waals surface area contributed by atoms with Crippen molar-refractivity contribution in [3.8, 4) is 0 Å². The second kappa shape index (κ2) is 6.15. The van der Waals surface area contributed by atoms with Crippen molar-refractivity contribution in [1.29, 1.82) is 0 Å². The monoisotopic (exact) mass is 238 g/mol. The third kappa shape index (κ3) is 3.07. The number of carbonyl (C=O) groups is 1. The topological polar surface area (TPSA) is 17.1 Å². The fourth-order valence-electron chi connectivity index (χ4n) is 2.26. The summed E-state index contributed by atoms with van der Waals surface area (Å²) in [5.41, 5.74) is 3.06. The van der Waals surface area contributed by atoms with E-state index in [1.165, 1.54) is 31.3 Å². The summed E-state index contributed by atoms with van der Waals surface area (Å²) in [6, 6.07) is 7.54. The maximum absolute atomic E-state index is 12.0. The molecule has 0 amide bonds. The molecule has 0 atom stereocenters. The molecule has 0 bridgehead atoms. The van der Waals surface area contributed by atoms with E-state index in [1.807, 2.05) is 30.3 Å². The summed E-state index contributed by atoms with van der Waals surface area (Å²) in [6.45, 7) is 3.73. The Morgan fingerprint density at radius 3 is 2.61 bits per heavy atom. The first-order valence-electron chi connectivity index (χ1n) is 6.43. The van der Waals surface area contributed by atoms with Crippen LogP contribution in [-0.2, 0) is 0 Å². The van der Waals surface area contributed by atoms with E-state index in [1.54, 1.807) is 12.2 Å². The van der Waals surface area contributed by atoms with Crippen LogP contribution in [0.1, 0.15) is 41.6 Å². The normalized spacial score (nSPS) is 15.0. The van der Waals surface area contributed by atoms with E-state index in [4.69, 9.17) is 0 Å². The zero-order valence-electron chi connectivity index (χ0n) is 10.6. The molecular weight excluding hydrogens is 220 g/mol. The van der Waals surface area contributed by atoms with Gasteiger partial charge in [0, 0.05) is 5.56 Å². The molecule has 0 saturated heterocycles. The molecule has 0 aliphatic heterocycles. The first-order valence-corrected chi connectivity index (χ1v) is 6.43. The van der Waals surface area contributed by atoms with Gasteiger partial charge in [-0.3, -0.25) is 4.79 Å². The van der Waals surface area contributed by atoms with E-state index >= 15 is 0 Å². The van der Waals surface area contributed by atoms with Crippen LogP contribution in [0, 0.1) is 0 Å². The minimum atomic E-state index is 0.0420. The lowest BCUT2D eigenvalue weighted by Crippen LogP contribution is -1.96. The molecule has 1 aromatic carbocycles. The highest BCUT2D eigenvalue weighted by Gasteiger charge is 2.06. The zero-order valence-corrected chi connectivity index (χ0v) is 10.6. The molecule has 0 heterocycles. The number of hydrogen-bond donors (Lipinski definition) is 0. The summed E-state index contributed by atoms with van der Waals surface area (Å²) in [5.74, 6) is 0.0420. The van der Waals surface area contributed by atoms with Gasteiger partial charge in [0.05, 0.1) is 0 Å².